The lowest BCUT2D eigenvalue weighted by molar-refractivity contribution is -0.180. The molecule has 12 heteroatoms. The smallest absolute Gasteiger partial charge is 0.397 e. The van der Waals surface area contributed by atoms with Crippen LogP contribution < -0.4 is 5.32 Å². The first-order valence-electron chi connectivity index (χ1n) is 18.5. The van der Waals surface area contributed by atoms with Crippen molar-refractivity contribution in [1.29, 1.82) is 0 Å². The molecule has 3 aliphatic carbocycles. The standard InChI is InChI=1S/C41H52N2O10/c1-22-18-23(2)41-29(16-17-30-32(41)33(44)24(3)35(36(30)53-41)52-38(46)26-12-8-9-13-26)19-31(49-7)39(47)51-34(22)25(4)50-40(48)37(45)42-20-27-14-10-11-15-28(27)21-43(5)6/h8-12,14-18,22,24-25,29-36,44H,13,19-21H2,1-7H3,(H,42,45)/b23-18+/t22-,24-,25-,29-,30?,31+,32?,33?,34+,35-,36-,41+/m1/s1. The number of ether oxygens (including phenoxy) is 5. The van der Waals surface area contributed by atoms with Crippen molar-refractivity contribution in [2.75, 3.05) is 21.2 Å². The van der Waals surface area contributed by atoms with Gasteiger partial charge in [0.05, 0.1) is 6.10 Å². The quantitative estimate of drug-likeness (QED) is 0.166. The van der Waals surface area contributed by atoms with Gasteiger partial charge in [-0.15, -0.1) is 0 Å². The Balaban J connectivity index is 1.23. The summed E-state index contributed by atoms with van der Waals surface area (Å²) < 4.78 is 30.5. The van der Waals surface area contributed by atoms with E-state index in [1.165, 1.54) is 7.11 Å². The molecule has 6 rings (SSSR count). The van der Waals surface area contributed by atoms with Crippen LogP contribution in [-0.2, 0) is 56.0 Å². The second-order valence-corrected chi connectivity index (χ2v) is 15.4. The number of carbonyl (C=O) groups excluding carboxylic acids is 4. The fourth-order valence-corrected chi connectivity index (χ4v) is 9.05. The highest BCUT2D eigenvalue weighted by Crippen LogP contribution is 2.61. The highest BCUT2D eigenvalue weighted by atomic mass is 16.6. The highest BCUT2D eigenvalue weighted by Gasteiger charge is 2.69. The van der Waals surface area contributed by atoms with Gasteiger partial charge in [0.15, 0.2) is 6.10 Å². The molecular formula is C41H52N2O10. The van der Waals surface area contributed by atoms with Gasteiger partial charge in [-0.3, -0.25) is 4.79 Å². The molecule has 0 aromatic heterocycles. The molecule has 3 unspecified atom stereocenters. The number of nitrogens with one attached hydrogen (secondary N) is 1. The van der Waals surface area contributed by atoms with Crippen molar-refractivity contribution in [3.05, 3.63) is 83.0 Å². The van der Waals surface area contributed by atoms with Gasteiger partial charge in [0.1, 0.15) is 30.0 Å². The molecule has 5 aliphatic rings. The third-order valence-electron chi connectivity index (χ3n) is 11.7. The summed E-state index contributed by atoms with van der Waals surface area (Å²) in [5.41, 5.74) is 2.20. The number of aliphatic hydroxyl groups is 1. The van der Waals surface area contributed by atoms with Gasteiger partial charge >= 0.3 is 23.8 Å². The molecule has 1 spiro atoms. The summed E-state index contributed by atoms with van der Waals surface area (Å²) >= 11 is 0. The summed E-state index contributed by atoms with van der Waals surface area (Å²) in [4.78, 5) is 54.9. The van der Waals surface area contributed by atoms with Crippen LogP contribution in [0.3, 0.4) is 0 Å². The van der Waals surface area contributed by atoms with Crippen molar-refractivity contribution in [1.82, 2.24) is 10.2 Å². The van der Waals surface area contributed by atoms with Crippen LogP contribution >= 0.6 is 0 Å². The Morgan fingerprint density at radius 3 is 2.55 bits per heavy atom. The van der Waals surface area contributed by atoms with Crippen molar-refractivity contribution in [3.63, 3.8) is 0 Å². The van der Waals surface area contributed by atoms with E-state index in [4.69, 9.17) is 23.7 Å². The number of allylic oxidation sites excluding steroid dienone is 3. The first-order valence-corrected chi connectivity index (χ1v) is 18.5. The number of carbonyl (C=O) groups is 4. The zero-order valence-corrected chi connectivity index (χ0v) is 31.5. The number of methoxy groups -OCH3 is 1. The summed E-state index contributed by atoms with van der Waals surface area (Å²) in [5, 5.41) is 14.6. The van der Waals surface area contributed by atoms with E-state index in [1.807, 2.05) is 94.4 Å². The molecule has 12 nitrogen and oxygen atoms in total. The molecule has 1 saturated carbocycles. The molecule has 12 atom stereocenters. The van der Waals surface area contributed by atoms with E-state index in [0.29, 0.717) is 18.5 Å². The molecule has 1 saturated heterocycles. The van der Waals surface area contributed by atoms with E-state index in [-0.39, 0.29) is 24.8 Å². The Morgan fingerprint density at radius 1 is 1.13 bits per heavy atom. The van der Waals surface area contributed by atoms with Gasteiger partial charge in [0.2, 0.25) is 0 Å². The lowest BCUT2D eigenvalue weighted by Gasteiger charge is -2.49. The van der Waals surface area contributed by atoms with E-state index < -0.39 is 83.8 Å². The lowest BCUT2D eigenvalue weighted by atomic mass is 9.57. The topological polar surface area (TPSA) is 150 Å². The zero-order chi connectivity index (χ0) is 38.2. The Morgan fingerprint density at radius 2 is 1.87 bits per heavy atom. The number of benzene rings is 1. The van der Waals surface area contributed by atoms with Crippen molar-refractivity contribution in [2.45, 2.75) is 95.9 Å². The second-order valence-electron chi connectivity index (χ2n) is 15.4. The van der Waals surface area contributed by atoms with Gasteiger partial charge < -0.3 is 39.0 Å². The van der Waals surface area contributed by atoms with E-state index in [9.17, 15) is 24.3 Å². The summed E-state index contributed by atoms with van der Waals surface area (Å²) in [7, 11) is 5.33. The van der Waals surface area contributed by atoms with Crippen LogP contribution in [0.5, 0.6) is 0 Å². The van der Waals surface area contributed by atoms with E-state index in [1.54, 1.807) is 13.0 Å². The number of rotatable bonds is 9. The minimum absolute atomic E-state index is 0.138. The second kappa shape index (κ2) is 15.7. The molecule has 1 amide bonds. The molecule has 286 valence electrons. The maximum atomic E-state index is 13.7. The third kappa shape index (κ3) is 7.38. The predicted molar refractivity (Wildman–Crippen MR) is 194 cm³/mol. The van der Waals surface area contributed by atoms with Crippen LogP contribution in [0.1, 0.15) is 51.7 Å². The number of hydrogen-bond acceptors (Lipinski definition) is 11. The average Bonchev–Trinajstić information content (AvgIpc) is 3.73. The summed E-state index contributed by atoms with van der Waals surface area (Å²) in [6.07, 6.45) is 6.98. The minimum Gasteiger partial charge on any atom is -0.456 e. The predicted octanol–water partition coefficient (Wildman–Crippen LogP) is 3.57. The van der Waals surface area contributed by atoms with Crippen LogP contribution in [0.2, 0.25) is 0 Å². The number of cyclic esters (lactones) is 1. The molecular weight excluding hydrogens is 680 g/mol. The number of esters is 3. The van der Waals surface area contributed by atoms with Crippen molar-refractivity contribution >= 4 is 23.8 Å². The first-order chi connectivity index (χ1) is 25.3. The van der Waals surface area contributed by atoms with Crippen LogP contribution in [0.4, 0.5) is 0 Å². The molecule has 2 heterocycles. The summed E-state index contributed by atoms with van der Waals surface area (Å²) in [6.45, 7) is 8.05. The lowest BCUT2D eigenvalue weighted by Crippen LogP contribution is -2.57. The number of aliphatic hydroxyl groups excluding tert-OH is 1. The fourth-order valence-electron chi connectivity index (χ4n) is 9.05. The van der Waals surface area contributed by atoms with Crippen LogP contribution in [-0.4, -0.2) is 97.3 Å². The van der Waals surface area contributed by atoms with Gasteiger partial charge in [0, 0.05) is 55.4 Å². The minimum atomic E-state index is -1.10. The van der Waals surface area contributed by atoms with E-state index >= 15 is 0 Å². The molecule has 53 heavy (non-hydrogen) atoms. The maximum Gasteiger partial charge on any atom is 0.397 e. The maximum absolute atomic E-state index is 13.7. The number of nitrogens with zero attached hydrogens (tertiary/aromatic N) is 1. The van der Waals surface area contributed by atoms with Crippen molar-refractivity contribution in [3.8, 4) is 0 Å². The average molecular weight is 733 g/mol. The van der Waals surface area contributed by atoms with Crippen LogP contribution in [0.15, 0.2) is 71.9 Å². The molecule has 4 bridgehead atoms. The SMILES string of the molecule is CO[C@H]1C[C@H]2C=CC3C4C(O)[C@@H](C)[C@@H](OC(=O)C5=CC=CC5)[C@@H]3O[C@]42/C(C)=C/[C@@H](C)[C@@H]([C@@H](C)OC(=O)C(=O)NCc2ccccc2CN(C)C)OC1=O. The van der Waals surface area contributed by atoms with Gasteiger partial charge in [0.25, 0.3) is 0 Å². The van der Waals surface area contributed by atoms with Crippen molar-refractivity contribution in [2.24, 2.45) is 29.6 Å². The van der Waals surface area contributed by atoms with Crippen LogP contribution in [0, 0.1) is 29.6 Å². The first kappa shape index (κ1) is 38.6. The van der Waals surface area contributed by atoms with Gasteiger partial charge in [-0.05, 0) is 57.5 Å². The van der Waals surface area contributed by atoms with Gasteiger partial charge in [-0.2, -0.15) is 0 Å². The van der Waals surface area contributed by atoms with Gasteiger partial charge in [-0.25, -0.2) is 14.4 Å². The molecule has 1 aromatic carbocycles. The van der Waals surface area contributed by atoms with Crippen molar-refractivity contribution < 1.29 is 48.0 Å². The van der Waals surface area contributed by atoms with Crippen LogP contribution in [0.25, 0.3) is 0 Å². The summed E-state index contributed by atoms with van der Waals surface area (Å²) in [6, 6.07) is 7.65. The highest BCUT2D eigenvalue weighted by molar-refractivity contribution is 6.32. The van der Waals surface area contributed by atoms with E-state index in [0.717, 1.165) is 16.7 Å². The Labute approximate surface area is 311 Å². The molecule has 2 N–H and O–H groups in total. The Kier molecular flexibility index (Phi) is 11.4. The molecule has 1 aromatic rings. The molecule has 0 radical (unpaired) electrons. The monoisotopic (exact) mass is 732 g/mol. The molecule has 2 aliphatic heterocycles. The third-order valence-corrected chi connectivity index (χ3v) is 11.7. The number of amides is 1. The fraction of sp³-hybridized carbons (Fsp3) is 0.561. The normalized spacial score (nSPS) is 36.1. The Bertz CT molecular complexity index is 1720. The Hall–Kier alpha value is -4.10. The number of hydrogen-bond donors (Lipinski definition) is 2. The zero-order valence-electron chi connectivity index (χ0n) is 31.5. The molecule has 2 fully saturated rings. The van der Waals surface area contributed by atoms with E-state index in [2.05, 4.69) is 5.32 Å². The van der Waals surface area contributed by atoms with Gasteiger partial charge in [-0.1, -0.05) is 74.6 Å². The largest absolute Gasteiger partial charge is 0.456 e. The summed E-state index contributed by atoms with van der Waals surface area (Å²) in [5.74, 6) is -5.05.